The first-order valence-corrected chi connectivity index (χ1v) is 4.85. The number of aryl methyl sites for hydroxylation is 1. The lowest BCUT2D eigenvalue weighted by Crippen LogP contribution is -2.52. The van der Waals surface area contributed by atoms with Crippen molar-refractivity contribution in [1.29, 1.82) is 0 Å². The molecule has 1 aromatic rings. The summed E-state index contributed by atoms with van der Waals surface area (Å²) in [4.78, 5) is 11.0. The molecule has 1 aromatic carbocycles. The van der Waals surface area contributed by atoms with Gasteiger partial charge in [-0.15, -0.1) is 17.0 Å². The van der Waals surface area contributed by atoms with Gasteiger partial charge in [-0.1, -0.05) is 12.1 Å². The number of fused-ring (bicyclic) bond motifs is 1. The van der Waals surface area contributed by atoms with Crippen molar-refractivity contribution < 1.29 is 15.0 Å². The van der Waals surface area contributed by atoms with Gasteiger partial charge in [0.25, 0.3) is 0 Å². The SMILES string of the molecule is Br.NC1(C(=O)O)CCc2cccc(O)c2C1. The van der Waals surface area contributed by atoms with Crippen LogP contribution in [0.2, 0.25) is 0 Å². The van der Waals surface area contributed by atoms with Gasteiger partial charge in [-0.05, 0) is 30.0 Å². The highest BCUT2D eigenvalue weighted by Crippen LogP contribution is 2.32. The van der Waals surface area contributed by atoms with Crippen molar-refractivity contribution in [3.63, 3.8) is 0 Å². The molecule has 0 radical (unpaired) electrons. The molecule has 0 saturated carbocycles. The zero-order valence-corrected chi connectivity index (χ0v) is 10.4. The maximum atomic E-state index is 11.0. The number of phenolic OH excluding ortho intramolecular Hbond substituents is 1. The van der Waals surface area contributed by atoms with E-state index in [0.29, 0.717) is 18.4 Å². The zero-order valence-electron chi connectivity index (χ0n) is 8.64. The Morgan fingerprint density at radius 2 is 2.12 bits per heavy atom. The summed E-state index contributed by atoms with van der Waals surface area (Å²) in [6.45, 7) is 0. The van der Waals surface area contributed by atoms with E-state index in [4.69, 9.17) is 10.8 Å². The van der Waals surface area contributed by atoms with Crippen LogP contribution in [0, 0.1) is 0 Å². The Labute approximate surface area is 104 Å². The predicted octanol–water partition coefficient (Wildman–Crippen LogP) is 1.24. The lowest BCUT2D eigenvalue weighted by molar-refractivity contribution is -0.143. The maximum Gasteiger partial charge on any atom is 0.324 e. The van der Waals surface area contributed by atoms with E-state index in [2.05, 4.69) is 0 Å². The molecule has 0 bridgehead atoms. The highest BCUT2D eigenvalue weighted by Gasteiger charge is 2.38. The first-order chi connectivity index (χ1) is 7.03. The van der Waals surface area contributed by atoms with Crippen LogP contribution in [0.15, 0.2) is 18.2 Å². The molecule has 0 fully saturated rings. The summed E-state index contributed by atoms with van der Waals surface area (Å²) in [7, 11) is 0. The van der Waals surface area contributed by atoms with E-state index in [1.54, 1.807) is 12.1 Å². The van der Waals surface area contributed by atoms with Crippen LogP contribution in [-0.4, -0.2) is 21.7 Å². The number of nitrogens with two attached hydrogens (primary N) is 1. The van der Waals surface area contributed by atoms with Gasteiger partial charge < -0.3 is 15.9 Å². The molecular weight excluding hydrogens is 274 g/mol. The minimum Gasteiger partial charge on any atom is -0.508 e. The van der Waals surface area contributed by atoms with Crippen molar-refractivity contribution in [2.75, 3.05) is 0 Å². The number of carboxylic acid groups (broad SMARTS) is 1. The number of benzene rings is 1. The third kappa shape index (κ3) is 2.05. The summed E-state index contributed by atoms with van der Waals surface area (Å²) >= 11 is 0. The molecule has 88 valence electrons. The van der Waals surface area contributed by atoms with E-state index < -0.39 is 11.5 Å². The predicted molar refractivity (Wildman–Crippen MR) is 65.0 cm³/mol. The summed E-state index contributed by atoms with van der Waals surface area (Å²) in [6, 6.07) is 5.22. The van der Waals surface area contributed by atoms with Crippen LogP contribution in [0.5, 0.6) is 5.75 Å². The van der Waals surface area contributed by atoms with Crippen molar-refractivity contribution >= 4 is 23.0 Å². The molecule has 1 aliphatic rings. The lowest BCUT2D eigenvalue weighted by Gasteiger charge is -2.31. The third-order valence-electron chi connectivity index (χ3n) is 3.01. The van der Waals surface area contributed by atoms with Crippen LogP contribution >= 0.6 is 17.0 Å². The van der Waals surface area contributed by atoms with Gasteiger partial charge in [0.2, 0.25) is 0 Å². The van der Waals surface area contributed by atoms with Gasteiger partial charge in [0.1, 0.15) is 11.3 Å². The van der Waals surface area contributed by atoms with E-state index in [0.717, 1.165) is 5.56 Å². The monoisotopic (exact) mass is 287 g/mol. The van der Waals surface area contributed by atoms with Crippen molar-refractivity contribution in [3.05, 3.63) is 29.3 Å². The van der Waals surface area contributed by atoms with Gasteiger partial charge in [-0.2, -0.15) is 0 Å². The highest BCUT2D eigenvalue weighted by atomic mass is 79.9. The zero-order chi connectivity index (χ0) is 11.1. The second-order valence-electron chi connectivity index (χ2n) is 4.05. The number of hydrogen-bond acceptors (Lipinski definition) is 3. The van der Waals surface area contributed by atoms with Gasteiger partial charge >= 0.3 is 5.97 Å². The van der Waals surface area contributed by atoms with Crippen molar-refractivity contribution in [1.82, 2.24) is 0 Å². The molecule has 4 N–H and O–H groups in total. The number of phenols is 1. The lowest BCUT2D eigenvalue weighted by atomic mass is 9.78. The standard InChI is InChI=1S/C11H13NO3.BrH/c12-11(10(14)15)5-4-7-2-1-3-9(13)8(7)6-11;/h1-3,13H,4-6,12H2,(H,14,15);1H. The molecule has 0 heterocycles. The number of carbonyl (C=O) groups is 1. The molecule has 0 aromatic heterocycles. The summed E-state index contributed by atoms with van der Waals surface area (Å²) in [5.41, 5.74) is 6.22. The fraction of sp³-hybridized carbons (Fsp3) is 0.364. The summed E-state index contributed by atoms with van der Waals surface area (Å²) in [6.07, 6.45) is 1.22. The van der Waals surface area contributed by atoms with E-state index in [-0.39, 0.29) is 29.2 Å². The van der Waals surface area contributed by atoms with Crippen LogP contribution in [0.25, 0.3) is 0 Å². The number of carboxylic acids is 1. The molecule has 0 aliphatic heterocycles. The summed E-state index contributed by atoms with van der Waals surface area (Å²) in [5, 5.41) is 18.6. The second-order valence-corrected chi connectivity index (χ2v) is 4.05. The highest BCUT2D eigenvalue weighted by molar-refractivity contribution is 8.93. The quantitative estimate of drug-likeness (QED) is 0.726. The van der Waals surface area contributed by atoms with E-state index in [1.165, 1.54) is 0 Å². The molecule has 0 spiro atoms. The van der Waals surface area contributed by atoms with Crippen LogP contribution in [0.1, 0.15) is 17.5 Å². The molecule has 1 aliphatic carbocycles. The smallest absolute Gasteiger partial charge is 0.324 e. The number of halogens is 1. The largest absolute Gasteiger partial charge is 0.508 e. The Kier molecular flexibility index (Phi) is 3.60. The molecule has 1 unspecified atom stereocenters. The first kappa shape index (κ1) is 13.0. The molecule has 4 nitrogen and oxygen atoms in total. The van der Waals surface area contributed by atoms with Crippen LogP contribution in [-0.2, 0) is 17.6 Å². The Hall–Kier alpha value is -1.07. The van der Waals surface area contributed by atoms with Crippen LogP contribution in [0.4, 0.5) is 0 Å². The molecular formula is C11H14BrNO3. The van der Waals surface area contributed by atoms with Gasteiger partial charge in [0.05, 0.1) is 0 Å². The van der Waals surface area contributed by atoms with E-state index in [1.807, 2.05) is 6.07 Å². The number of aromatic hydroxyl groups is 1. The normalized spacial score (nSPS) is 23.1. The minimum absolute atomic E-state index is 0. The number of rotatable bonds is 1. The molecule has 0 saturated heterocycles. The number of aliphatic carboxylic acids is 1. The Morgan fingerprint density at radius 3 is 2.75 bits per heavy atom. The van der Waals surface area contributed by atoms with Gasteiger partial charge in [0, 0.05) is 6.42 Å². The van der Waals surface area contributed by atoms with E-state index >= 15 is 0 Å². The van der Waals surface area contributed by atoms with Crippen molar-refractivity contribution in [2.24, 2.45) is 5.73 Å². The minimum atomic E-state index is -1.23. The number of hydrogen-bond donors (Lipinski definition) is 3. The summed E-state index contributed by atoms with van der Waals surface area (Å²) in [5.74, 6) is -0.861. The Balaban J connectivity index is 0.00000128. The van der Waals surface area contributed by atoms with Crippen molar-refractivity contribution in [3.8, 4) is 5.75 Å². The van der Waals surface area contributed by atoms with Gasteiger partial charge in [-0.25, -0.2) is 0 Å². The fourth-order valence-corrected chi connectivity index (χ4v) is 2.00. The Bertz CT molecular complexity index is 422. The van der Waals surface area contributed by atoms with Crippen molar-refractivity contribution in [2.45, 2.75) is 24.8 Å². The fourth-order valence-electron chi connectivity index (χ4n) is 2.00. The molecule has 5 heteroatoms. The third-order valence-corrected chi connectivity index (χ3v) is 3.01. The van der Waals surface area contributed by atoms with Gasteiger partial charge in [-0.3, -0.25) is 4.79 Å². The van der Waals surface area contributed by atoms with Gasteiger partial charge in [0.15, 0.2) is 0 Å². The second kappa shape index (κ2) is 4.43. The molecule has 2 rings (SSSR count). The molecule has 16 heavy (non-hydrogen) atoms. The average Bonchev–Trinajstić information content (AvgIpc) is 2.19. The summed E-state index contributed by atoms with van der Waals surface area (Å²) < 4.78 is 0. The topological polar surface area (TPSA) is 83.6 Å². The van der Waals surface area contributed by atoms with E-state index in [9.17, 15) is 9.90 Å². The molecule has 1 atom stereocenters. The first-order valence-electron chi connectivity index (χ1n) is 4.85. The Morgan fingerprint density at radius 1 is 1.44 bits per heavy atom. The maximum absolute atomic E-state index is 11.0. The average molecular weight is 288 g/mol. The van der Waals surface area contributed by atoms with Crippen LogP contribution in [0.3, 0.4) is 0 Å². The molecule has 0 amide bonds. The van der Waals surface area contributed by atoms with Crippen LogP contribution < -0.4 is 5.73 Å².